The number of benzene rings is 2. The third-order valence-electron chi connectivity index (χ3n) is 5.07. The van der Waals surface area contributed by atoms with E-state index in [1.807, 2.05) is 17.9 Å². The Labute approximate surface area is 204 Å². The fourth-order valence-electron chi connectivity index (χ4n) is 3.53. The highest BCUT2D eigenvalue weighted by molar-refractivity contribution is 7.89. The van der Waals surface area contributed by atoms with E-state index >= 15 is 0 Å². The van der Waals surface area contributed by atoms with E-state index in [0.717, 1.165) is 28.2 Å². The molecule has 0 bridgehead atoms. The van der Waals surface area contributed by atoms with Crippen LogP contribution in [0.2, 0.25) is 0 Å². The summed E-state index contributed by atoms with van der Waals surface area (Å²) in [4.78, 5) is 1.19. The van der Waals surface area contributed by atoms with Crippen LogP contribution in [0.25, 0.3) is 0 Å². The van der Waals surface area contributed by atoms with Crippen molar-refractivity contribution in [3.05, 3.63) is 42.5 Å². The van der Waals surface area contributed by atoms with Crippen molar-refractivity contribution >= 4 is 15.7 Å². The molecule has 0 N–H and O–H groups in total. The molecule has 0 unspecified atom stereocenters. The van der Waals surface area contributed by atoms with Gasteiger partial charge in [-0.3, -0.25) is 0 Å². The van der Waals surface area contributed by atoms with Crippen molar-refractivity contribution in [3.8, 4) is 17.2 Å². The van der Waals surface area contributed by atoms with Gasteiger partial charge in [0.1, 0.15) is 22.1 Å². The van der Waals surface area contributed by atoms with Crippen LogP contribution in [0.5, 0.6) is 17.2 Å². The van der Waals surface area contributed by atoms with Crippen LogP contribution in [0.3, 0.4) is 0 Å². The van der Waals surface area contributed by atoms with Gasteiger partial charge in [0.25, 0.3) is 0 Å². The van der Waals surface area contributed by atoms with E-state index in [1.54, 1.807) is 18.2 Å². The first kappa shape index (κ1) is 27.7. The van der Waals surface area contributed by atoms with Gasteiger partial charge in [0.05, 0.1) is 12.3 Å². The number of sulfonamides is 1. The Bertz CT molecular complexity index is 1130. The highest BCUT2D eigenvalue weighted by Gasteiger charge is 2.35. The Balaban J connectivity index is 1.84. The second kappa shape index (κ2) is 11.0. The van der Waals surface area contributed by atoms with Crippen molar-refractivity contribution in [1.29, 1.82) is 0 Å². The Morgan fingerprint density at radius 3 is 2.03 bits per heavy atom. The Morgan fingerprint density at radius 1 is 0.806 bits per heavy atom. The largest absolute Gasteiger partial charge is 0.492 e. The molecule has 1 fully saturated rings. The number of anilines is 1. The van der Waals surface area contributed by atoms with E-state index in [0.29, 0.717) is 12.4 Å². The molecule has 1 heterocycles. The summed E-state index contributed by atoms with van der Waals surface area (Å²) in [7, 11) is -4.44. The van der Waals surface area contributed by atoms with Gasteiger partial charge >= 0.3 is 12.4 Å². The average molecular weight is 542 g/mol. The summed E-state index contributed by atoms with van der Waals surface area (Å²) in [6.45, 7) is -0.804. The molecule has 2 aromatic carbocycles. The lowest BCUT2D eigenvalue weighted by Crippen LogP contribution is -2.48. The van der Waals surface area contributed by atoms with Crippen LogP contribution in [0.15, 0.2) is 47.4 Å². The molecule has 1 saturated heterocycles. The molecule has 0 aromatic heterocycles. The Hall–Kier alpha value is -2.87. The zero-order valence-electron chi connectivity index (χ0n) is 19.1. The Kier molecular flexibility index (Phi) is 8.49. The zero-order chi connectivity index (χ0) is 26.6. The lowest BCUT2D eigenvalue weighted by molar-refractivity contribution is -0.154. The van der Waals surface area contributed by atoms with Gasteiger partial charge in [0, 0.05) is 32.2 Å². The van der Waals surface area contributed by atoms with Gasteiger partial charge in [-0.25, -0.2) is 8.42 Å². The number of halogens is 6. The van der Waals surface area contributed by atoms with Crippen molar-refractivity contribution in [2.45, 2.75) is 24.2 Å². The minimum Gasteiger partial charge on any atom is -0.492 e. The molecular formula is C22H24F6N2O5S. The maximum Gasteiger partial charge on any atom is 0.422 e. The molecule has 2 aromatic rings. The fraction of sp³-hybridized carbons (Fsp3) is 0.455. The molecule has 1 aliphatic heterocycles. The van der Waals surface area contributed by atoms with E-state index in [9.17, 15) is 34.8 Å². The molecule has 7 nitrogen and oxygen atoms in total. The van der Waals surface area contributed by atoms with Crippen molar-refractivity contribution < 1.29 is 49.0 Å². The van der Waals surface area contributed by atoms with E-state index in [-0.39, 0.29) is 26.2 Å². The molecule has 0 amide bonds. The molecule has 0 atom stereocenters. The second-order valence-corrected chi connectivity index (χ2v) is 9.61. The number of rotatable bonds is 9. The summed E-state index contributed by atoms with van der Waals surface area (Å²) in [6, 6.07) is 9.70. The molecule has 36 heavy (non-hydrogen) atoms. The average Bonchev–Trinajstić information content (AvgIpc) is 2.81. The van der Waals surface area contributed by atoms with Crippen molar-refractivity contribution in [2.24, 2.45) is 0 Å². The minimum atomic E-state index is -4.76. The van der Waals surface area contributed by atoms with E-state index in [2.05, 4.69) is 9.47 Å². The summed E-state index contributed by atoms with van der Waals surface area (Å²) in [5, 5.41) is 0. The zero-order valence-corrected chi connectivity index (χ0v) is 19.9. The maximum absolute atomic E-state index is 13.3. The lowest BCUT2D eigenvalue weighted by atomic mass is 10.2. The normalized spacial score (nSPS) is 15.6. The smallest absolute Gasteiger partial charge is 0.422 e. The monoisotopic (exact) mass is 542 g/mol. The molecule has 0 spiro atoms. The van der Waals surface area contributed by atoms with Gasteiger partial charge in [-0.05, 0) is 31.2 Å². The number of hydrogen-bond donors (Lipinski definition) is 0. The predicted molar refractivity (Wildman–Crippen MR) is 118 cm³/mol. The summed E-state index contributed by atoms with van der Waals surface area (Å²) in [5.74, 6) is -0.501. The van der Waals surface area contributed by atoms with Crippen LogP contribution in [0.1, 0.15) is 6.92 Å². The topological polar surface area (TPSA) is 68.3 Å². The van der Waals surface area contributed by atoms with Crippen LogP contribution < -0.4 is 19.1 Å². The van der Waals surface area contributed by atoms with Crippen molar-refractivity contribution in [1.82, 2.24) is 4.31 Å². The van der Waals surface area contributed by atoms with Crippen molar-refractivity contribution in [2.75, 3.05) is 50.9 Å². The molecule has 1 aliphatic rings. The molecule has 3 rings (SSSR count). The second-order valence-electron chi connectivity index (χ2n) is 7.71. The SMILES string of the molecule is CCOc1ccccc1N1CCN(S(=O)(=O)c2cc(OCC(F)(F)F)ccc2OCC(F)(F)F)CC1. The first-order chi connectivity index (χ1) is 16.8. The standard InChI is InChI=1S/C22H24F6N2O5S/c1-2-33-18-6-4-3-5-17(18)29-9-11-30(12-10-29)36(31,32)20-13-16(34-14-21(23,24)25)7-8-19(20)35-15-22(26,27)28/h3-8,13H,2,9-12,14-15H2,1H3. The molecular weight excluding hydrogens is 518 g/mol. The predicted octanol–water partition coefficient (Wildman–Crippen LogP) is 4.48. The maximum atomic E-state index is 13.3. The summed E-state index contributed by atoms with van der Waals surface area (Å²) in [5.41, 5.74) is 0.758. The number of nitrogens with zero attached hydrogens (tertiary/aromatic N) is 2. The number of piperazine rings is 1. The molecule has 200 valence electrons. The van der Waals surface area contributed by atoms with Crippen molar-refractivity contribution in [3.63, 3.8) is 0 Å². The van der Waals surface area contributed by atoms with Gasteiger partial charge in [0.2, 0.25) is 10.0 Å². The van der Waals surface area contributed by atoms with Gasteiger partial charge in [-0.2, -0.15) is 30.6 Å². The van der Waals surface area contributed by atoms with Crippen LogP contribution in [-0.2, 0) is 10.0 Å². The molecule has 0 radical (unpaired) electrons. The number of para-hydroxylation sites is 2. The van der Waals surface area contributed by atoms with E-state index in [1.165, 1.54) is 0 Å². The van der Waals surface area contributed by atoms with E-state index < -0.39 is 52.0 Å². The number of hydrogen-bond acceptors (Lipinski definition) is 6. The number of alkyl halides is 6. The highest BCUT2D eigenvalue weighted by Crippen LogP contribution is 2.34. The van der Waals surface area contributed by atoms with E-state index in [4.69, 9.17) is 4.74 Å². The van der Waals surface area contributed by atoms with Crippen LogP contribution >= 0.6 is 0 Å². The summed E-state index contributed by atoms with van der Waals surface area (Å²) in [6.07, 6.45) is -9.45. The third-order valence-corrected chi connectivity index (χ3v) is 6.99. The summed E-state index contributed by atoms with van der Waals surface area (Å²) >= 11 is 0. The highest BCUT2D eigenvalue weighted by atomic mass is 32.2. The first-order valence-corrected chi connectivity index (χ1v) is 12.2. The number of ether oxygens (including phenoxy) is 3. The fourth-order valence-corrected chi connectivity index (χ4v) is 5.10. The minimum absolute atomic E-state index is 0.0326. The lowest BCUT2D eigenvalue weighted by Gasteiger charge is -2.36. The molecule has 14 heteroatoms. The van der Waals surface area contributed by atoms with Crippen LogP contribution in [0.4, 0.5) is 32.0 Å². The molecule has 0 aliphatic carbocycles. The quantitative estimate of drug-likeness (QED) is 0.436. The molecule has 0 saturated carbocycles. The third kappa shape index (κ3) is 7.32. The Morgan fingerprint density at radius 2 is 1.42 bits per heavy atom. The van der Waals surface area contributed by atoms with Gasteiger partial charge < -0.3 is 19.1 Å². The first-order valence-electron chi connectivity index (χ1n) is 10.8. The van der Waals surface area contributed by atoms with Gasteiger partial charge in [-0.15, -0.1) is 0 Å². The van der Waals surface area contributed by atoms with Crippen LogP contribution in [0, 0.1) is 0 Å². The summed E-state index contributed by atoms with van der Waals surface area (Å²) < 4.78 is 118. The van der Waals surface area contributed by atoms with Gasteiger partial charge in [0.15, 0.2) is 13.2 Å². The van der Waals surface area contributed by atoms with Gasteiger partial charge in [-0.1, -0.05) is 12.1 Å². The van der Waals surface area contributed by atoms with Crippen LogP contribution in [-0.4, -0.2) is 71.1 Å².